The van der Waals surface area contributed by atoms with Gasteiger partial charge in [-0.1, -0.05) is 13.0 Å². The number of aliphatic hydroxyl groups is 4. The van der Waals surface area contributed by atoms with Gasteiger partial charge < -0.3 is 20.4 Å². The quantitative estimate of drug-likeness (QED) is 0.497. The van der Waals surface area contributed by atoms with Gasteiger partial charge in [0.1, 0.15) is 6.61 Å². The third-order valence-electron chi connectivity index (χ3n) is 8.27. The summed E-state index contributed by atoms with van der Waals surface area (Å²) in [7, 11) is 0. The number of hydrogen-bond acceptors (Lipinski definition) is 7. The fourth-order valence-corrected chi connectivity index (χ4v) is 6.68. The van der Waals surface area contributed by atoms with Crippen LogP contribution in [0.3, 0.4) is 0 Å². The Bertz CT molecular complexity index is 880. The summed E-state index contributed by atoms with van der Waals surface area (Å²) in [6, 6.07) is 0. The molecule has 29 heavy (non-hydrogen) atoms. The number of aliphatic hydroxyl groups excluding tert-OH is 3. The van der Waals surface area contributed by atoms with Crippen molar-refractivity contribution in [2.24, 2.45) is 22.7 Å². The van der Waals surface area contributed by atoms with E-state index in [0.29, 0.717) is 0 Å². The number of allylic oxidation sites excluding steroid dienone is 4. The van der Waals surface area contributed by atoms with E-state index >= 15 is 4.39 Å². The van der Waals surface area contributed by atoms with Gasteiger partial charge in [-0.15, -0.1) is 0 Å². The van der Waals surface area contributed by atoms with Crippen LogP contribution in [0.5, 0.6) is 0 Å². The molecule has 0 heterocycles. The first-order chi connectivity index (χ1) is 13.4. The van der Waals surface area contributed by atoms with Crippen LogP contribution in [0, 0.1) is 22.7 Å². The molecular formula is C21H25FO7. The molecule has 0 aromatic carbocycles. The Kier molecular flexibility index (Phi) is 4.18. The summed E-state index contributed by atoms with van der Waals surface area (Å²) in [4.78, 5) is 37.1. The maximum Gasteiger partial charge on any atom is 0.192 e. The normalized spacial score (nSPS) is 51.2. The fraction of sp³-hybridized carbons (Fsp3) is 0.667. The number of alkyl halides is 1. The molecule has 0 aromatic rings. The third kappa shape index (κ3) is 2.13. The Labute approximate surface area is 166 Å². The molecule has 3 fully saturated rings. The fourth-order valence-electron chi connectivity index (χ4n) is 6.68. The van der Waals surface area contributed by atoms with Gasteiger partial charge in [-0.05, 0) is 37.8 Å². The van der Waals surface area contributed by atoms with Gasteiger partial charge in [0.05, 0.1) is 17.6 Å². The van der Waals surface area contributed by atoms with E-state index in [0.717, 1.165) is 6.08 Å². The summed E-state index contributed by atoms with van der Waals surface area (Å²) in [6.07, 6.45) is -0.434. The molecule has 0 spiro atoms. The van der Waals surface area contributed by atoms with Gasteiger partial charge in [-0.2, -0.15) is 0 Å². The van der Waals surface area contributed by atoms with Crippen LogP contribution in [0.1, 0.15) is 33.1 Å². The van der Waals surface area contributed by atoms with Crippen LogP contribution in [-0.4, -0.2) is 67.9 Å². The Balaban J connectivity index is 1.88. The van der Waals surface area contributed by atoms with Gasteiger partial charge in [-0.25, -0.2) is 4.39 Å². The second kappa shape index (κ2) is 5.91. The highest BCUT2D eigenvalue weighted by atomic mass is 19.1. The minimum absolute atomic E-state index is 0.00615. The van der Waals surface area contributed by atoms with Crippen LogP contribution in [0.2, 0.25) is 0 Å². The van der Waals surface area contributed by atoms with E-state index in [4.69, 9.17) is 0 Å². The molecule has 4 aliphatic carbocycles. The maximum absolute atomic E-state index is 16.8. The molecule has 0 saturated heterocycles. The van der Waals surface area contributed by atoms with Crippen molar-refractivity contribution in [1.82, 2.24) is 0 Å². The van der Waals surface area contributed by atoms with Crippen molar-refractivity contribution in [3.05, 3.63) is 23.8 Å². The molecule has 3 saturated carbocycles. The van der Waals surface area contributed by atoms with Crippen molar-refractivity contribution in [2.45, 2.75) is 56.6 Å². The van der Waals surface area contributed by atoms with Gasteiger partial charge in [0.25, 0.3) is 0 Å². The van der Waals surface area contributed by atoms with Crippen LogP contribution < -0.4 is 0 Å². The molecule has 4 aliphatic rings. The van der Waals surface area contributed by atoms with E-state index in [-0.39, 0.29) is 24.8 Å². The van der Waals surface area contributed by atoms with E-state index < -0.39 is 70.1 Å². The zero-order chi connectivity index (χ0) is 21.6. The zero-order valence-electron chi connectivity index (χ0n) is 16.3. The van der Waals surface area contributed by atoms with E-state index in [1.54, 1.807) is 0 Å². The predicted molar refractivity (Wildman–Crippen MR) is 97.2 cm³/mol. The standard InChI is InChI=1S/C21H25FO7/c1-18-4-3-10(24)5-13(18)14(25)6-12-11-7-15(26)21(29,17(28)9-23)19(11,2)8-16(27)20(12,18)22/h3-5,11-12,15-16,23,26-27,29H,6-9H2,1-2H3/t11-,12-,15?,16?,18-,19-,20-,21-/m0/s1. The van der Waals surface area contributed by atoms with E-state index in [9.17, 15) is 34.8 Å². The number of halogens is 1. The lowest BCUT2D eigenvalue weighted by atomic mass is 9.44. The molecule has 4 rings (SSSR count). The first kappa shape index (κ1) is 20.5. The molecule has 4 N–H and O–H groups in total. The highest BCUT2D eigenvalue weighted by Crippen LogP contribution is 2.69. The predicted octanol–water partition coefficient (Wildman–Crippen LogP) is -0.201. The van der Waals surface area contributed by atoms with Crippen molar-refractivity contribution in [1.29, 1.82) is 0 Å². The second-order valence-electron chi connectivity index (χ2n) is 9.34. The van der Waals surface area contributed by atoms with Crippen LogP contribution in [0.15, 0.2) is 23.8 Å². The number of hydrogen-bond donors (Lipinski definition) is 4. The molecule has 8 heteroatoms. The summed E-state index contributed by atoms with van der Waals surface area (Å²) >= 11 is 0. The van der Waals surface area contributed by atoms with Gasteiger partial charge >= 0.3 is 0 Å². The largest absolute Gasteiger partial charge is 0.390 e. The van der Waals surface area contributed by atoms with Gasteiger partial charge in [0, 0.05) is 23.3 Å². The van der Waals surface area contributed by atoms with Crippen molar-refractivity contribution in [3.63, 3.8) is 0 Å². The molecular weight excluding hydrogens is 383 g/mol. The van der Waals surface area contributed by atoms with Gasteiger partial charge in [0.2, 0.25) is 0 Å². The SMILES string of the molecule is C[C@]12C=CC(=O)C=C1C(=O)C[C@H]1[C@@H]3CC(O)[C@](O)(C(=O)CO)[C@@]3(C)CC(O)[C@@]12F. The lowest BCUT2D eigenvalue weighted by Crippen LogP contribution is -2.70. The molecule has 7 nitrogen and oxygen atoms in total. The van der Waals surface area contributed by atoms with Gasteiger partial charge in [0.15, 0.2) is 28.6 Å². The lowest BCUT2D eigenvalue weighted by Gasteiger charge is -2.61. The van der Waals surface area contributed by atoms with Crippen LogP contribution in [0.4, 0.5) is 4.39 Å². The van der Waals surface area contributed by atoms with E-state index in [2.05, 4.69) is 0 Å². The first-order valence-corrected chi connectivity index (χ1v) is 9.78. The minimum Gasteiger partial charge on any atom is -0.390 e. The molecule has 0 aliphatic heterocycles. The third-order valence-corrected chi connectivity index (χ3v) is 8.27. The Morgan fingerprint density at radius 3 is 2.48 bits per heavy atom. The van der Waals surface area contributed by atoms with E-state index in [1.165, 1.54) is 26.0 Å². The monoisotopic (exact) mass is 408 g/mol. The molecule has 0 aromatic heterocycles. The zero-order valence-corrected chi connectivity index (χ0v) is 16.3. The van der Waals surface area contributed by atoms with Crippen LogP contribution in [-0.2, 0) is 14.4 Å². The molecule has 8 atom stereocenters. The Morgan fingerprint density at radius 1 is 1.21 bits per heavy atom. The topological polar surface area (TPSA) is 132 Å². The van der Waals surface area contributed by atoms with E-state index in [1.807, 2.05) is 0 Å². The average Bonchev–Trinajstić information content (AvgIpc) is 2.86. The van der Waals surface area contributed by atoms with Crippen molar-refractivity contribution in [2.75, 3.05) is 6.61 Å². The Morgan fingerprint density at radius 2 is 1.86 bits per heavy atom. The van der Waals surface area contributed by atoms with Crippen molar-refractivity contribution >= 4 is 17.3 Å². The number of ketones is 3. The average molecular weight is 408 g/mol. The van der Waals surface area contributed by atoms with Crippen molar-refractivity contribution in [3.8, 4) is 0 Å². The number of carbonyl (C=O) groups is 3. The maximum atomic E-state index is 16.8. The summed E-state index contributed by atoms with van der Waals surface area (Å²) in [5, 5.41) is 42.0. The van der Waals surface area contributed by atoms with Gasteiger partial charge in [-0.3, -0.25) is 14.4 Å². The van der Waals surface area contributed by atoms with Crippen molar-refractivity contribution < 1.29 is 39.2 Å². The molecule has 0 radical (unpaired) electrons. The minimum atomic E-state index is -2.35. The lowest BCUT2D eigenvalue weighted by molar-refractivity contribution is -0.220. The molecule has 0 bridgehead atoms. The first-order valence-electron chi connectivity index (χ1n) is 9.78. The summed E-state index contributed by atoms with van der Waals surface area (Å²) < 4.78 is 16.8. The number of carbonyl (C=O) groups excluding carboxylic acids is 3. The molecule has 2 unspecified atom stereocenters. The molecule has 158 valence electrons. The van der Waals surface area contributed by atoms with Crippen LogP contribution in [0.25, 0.3) is 0 Å². The number of fused-ring (bicyclic) bond motifs is 5. The summed E-state index contributed by atoms with van der Waals surface area (Å²) in [5.74, 6) is -3.73. The smallest absolute Gasteiger partial charge is 0.192 e. The second-order valence-corrected chi connectivity index (χ2v) is 9.34. The summed E-state index contributed by atoms with van der Waals surface area (Å²) in [5.41, 5.74) is -7.66. The highest BCUT2D eigenvalue weighted by Gasteiger charge is 2.77. The van der Waals surface area contributed by atoms with Crippen LogP contribution >= 0.6 is 0 Å². The highest BCUT2D eigenvalue weighted by molar-refractivity contribution is 6.10. The summed E-state index contributed by atoms with van der Waals surface area (Å²) in [6.45, 7) is 1.95. The molecule has 0 amide bonds. The Hall–Kier alpha value is -1.74. The number of rotatable bonds is 2. The number of Topliss-reactive ketones (excluding diaryl/α,β-unsaturated/α-hetero) is 2.